The van der Waals surface area contributed by atoms with Crippen LogP contribution in [-0.2, 0) is 0 Å². The maximum Gasteiger partial charge on any atom is 0.285 e. The third-order valence-electron chi connectivity index (χ3n) is 3.86. The summed E-state index contributed by atoms with van der Waals surface area (Å²) in [6.07, 6.45) is 1.71. The first-order valence-corrected chi connectivity index (χ1v) is 7.69. The number of amides is 1. The van der Waals surface area contributed by atoms with E-state index in [1.165, 1.54) is 6.07 Å². The molecule has 0 aromatic heterocycles. The van der Waals surface area contributed by atoms with Crippen molar-refractivity contribution in [3.05, 3.63) is 39.7 Å². The fourth-order valence-electron chi connectivity index (χ4n) is 2.57. The number of piperidine rings is 1. The third kappa shape index (κ3) is 3.58. The number of hydrogen-bond donors (Lipinski definition) is 0. The minimum absolute atomic E-state index is 0.0493. The van der Waals surface area contributed by atoms with Crippen molar-refractivity contribution in [1.82, 2.24) is 4.90 Å². The van der Waals surface area contributed by atoms with Crippen LogP contribution < -0.4 is 0 Å². The molecule has 5 nitrogen and oxygen atoms in total. The SMILES string of the molecule is CC(Br)C1CCN(C(=O)c2ccc(F)cc2[N+](=O)[O-])CC1. The molecule has 1 aromatic carbocycles. The lowest BCUT2D eigenvalue weighted by Gasteiger charge is -2.33. The number of alkyl halides is 1. The molecule has 1 saturated heterocycles. The lowest BCUT2D eigenvalue weighted by molar-refractivity contribution is -0.385. The van der Waals surface area contributed by atoms with Crippen molar-refractivity contribution in [1.29, 1.82) is 0 Å². The molecule has 2 rings (SSSR count). The first-order chi connectivity index (χ1) is 9.90. The van der Waals surface area contributed by atoms with Gasteiger partial charge in [-0.15, -0.1) is 0 Å². The van der Waals surface area contributed by atoms with Crippen molar-refractivity contribution < 1.29 is 14.1 Å². The van der Waals surface area contributed by atoms with E-state index in [4.69, 9.17) is 0 Å². The van der Waals surface area contributed by atoms with Crippen molar-refractivity contribution in [3.8, 4) is 0 Å². The Labute approximate surface area is 130 Å². The van der Waals surface area contributed by atoms with Gasteiger partial charge in [-0.3, -0.25) is 14.9 Å². The van der Waals surface area contributed by atoms with Crippen molar-refractivity contribution in [3.63, 3.8) is 0 Å². The molecule has 1 fully saturated rings. The predicted molar refractivity (Wildman–Crippen MR) is 80.1 cm³/mol. The molecule has 0 radical (unpaired) electrons. The lowest BCUT2D eigenvalue weighted by atomic mass is 9.94. The highest BCUT2D eigenvalue weighted by molar-refractivity contribution is 9.09. The highest BCUT2D eigenvalue weighted by Gasteiger charge is 2.29. The summed E-state index contributed by atoms with van der Waals surface area (Å²) < 4.78 is 13.1. The van der Waals surface area contributed by atoms with Crippen LogP contribution >= 0.6 is 15.9 Å². The van der Waals surface area contributed by atoms with Gasteiger partial charge in [0.1, 0.15) is 11.4 Å². The van der Waals surface area contributed by atoms with Crippen molar-refractivity contribution in [2.45, 2.75) is 24.6 Å². The molecule has 1 heterocycles. The Kier molecular flexibility index (Phi) is 4.92. The van der Waals surface area contributed by atoms with E-state index in [9.17, 15) is 19.3 Å². The topological polar surface area (TPSA) is 63.5 Å². The van der Waals surface area contributed by atoms with Crippen LogP contribution in [0.25, 0.3) is 0 Å². The van der Waals surface area contributed by atoms with Crippen LogP contribution in [0.1, 0.15) is 30.1 Å². The Balaban J connectivity index is 2.16. The van der Waals surface area contributed by atoms with Crippen molar-refractivity contribution in [2.75, 3.05) is 13.1 Å². The summed E-state index contributed by atoms with van der Waals surface area (Å²) >= 11 is 3.54. The zero-order valence-electron chi connectivity index (χ0n) is 11.6. The molecular formula is C14H16BrFN2O3. The standard InChI is InChI=1S/C14H16BrFN2O3/c1-9(15)10-4-6-17(7-5-10)14(19)12-3-2-11(16)8-13(12)18(20)21/h2-3,8-10H,4-7H2,1H3. The Morgan fingerprint density at radius 2 is 2.10 bits per heavy atom. The van der Waals surface area contributed by atoms with Gasteiger partial charge in [-0.2, -0.15) is 0 Å². The number of nitro benzene ring substituents is 1. The zero-order valence-corrected chi connectivity index (χ0v) is 13.2. The van der Waals surface area contributed by atoms with E-state index in [-0.39, 0.29) is 5.56 Å². The van der Waals surface area contributed by atoms with Gasteiger partial charge in [-0.1, -0.05) is 22.9 Å². The van der Waals surface area contributed by atoms with Gasteiger partial charge in [0.05, 0.1) is 11.0 Å². The fraction of sp³-hybridized carbons (Fsp3) is 0.500. The average Bonchev–Trinajstić information content (AvgIpc) is 2.46. The van der Waals surface area contributed by atoms with E-state index >= 15 is 0 Å². The first-order valence-electron chi connectivity index (χ1n) is 6.77. The van der Waals surface area contributed by atoms with Crippen LogP contribution in [-0.4, -0.2) is 33.6 Å². The highest BCUT2D eigenvalue weighted by Crippen LogP contribution is 2.27. The summed E-state index contributed by atoms with van der Waals surface area (Å²) in [5, 5.41) is 11.0. The molecule has 0 spiro atoms. The molecule has 1 atom stereocenters. The number of hydrogen-bond acceptors (Lipinski definition) is 3. The quantitative estimate of drug-likeness (QED) is 0.472. The number of nitrogens with zero attached hydrogens (tertiary/aromatic N) is 2. The Bertz CT molecular complexity index is 557. The second kappa shape index (κ2) is 6.51. The molecule has 0 bridgehead atoms. The van der Waals surface area contributed by atoms with Gasteiger partial charge in [0.25, 0.3) is 11.6 Å². The number of likely N-dealkylation sites (tertiary alicyclic amines) is 1. The Morgan fingerprint density at radius 3 is 2.62 bits per heavy atom. The molecule has 1 unspecified atom stereocenters. The number of carbonyl (C=O) groups is 1. The third-order valence-corrected chi connectivity index (χ3v) is 4.61. The van der Waals surface area contributed by atoms with Crippen LogP contribution in [0.4, 0.5) is 10.1 Å². The molecule has 114 valence electrons. The van der Waals surface area contributed by atoms with Gasteiger partial charge in [0, 0.05) is 17.9 Å². The molecule has 1 aliphatic heterocycles. The van der Waals surface area contributed by atoms with Gasteiger partial charge in [0.15, 0.2) is 0 Å². The Hall–Kier alpha value is -1.50. The highest BCUT2D eigenvalue weighted by atomic mass is 79.9. The zero-order chi connectivity index (χ0) is 15.6. The molecule has 0 aliphatic carbocycles. The van der Waals surface area contributed by atoms with Crippen LogP contribution in [0.3, 0.4) is 0 Å². The Morgan fingerprint density at radius 1 is 1.48 bits per heavy atom. The van der Waals surface area contributed by atoms with E-state index in [1.807, 2.05) is 0 Å². The number of halogens is 2. The molecule has 7 heteroatoms. The van der Waals surface area contributed by atoms with E-state index in [0.29, 0.717) is 23.8 Å². The summed E-state index contributed by atoms with van der Waals surface area (Å²) in [4.78, 5) is 24.6. The van der Waals surface area contributed by atoms with Crippen LogP contribution in [0.5, 0.6) is 0 Å². The van der Waals surface area contributed by atoms with E-state index in [1.54, 1.807) is 4.90 Å². The van der Waals surface area contributed by atoms with Gasteiger partial charge in [-0.05, 0) is 30.9 Å². The summed E-state index contributed by atoms with van der Waals surface area (Å²) in [6.45, 7) is 3.20. The van der Waals surface area contributed by atoms with Gasteiger partial charge in [0.2, 0.25) is 0 Å². The number of carbonyl (C=O) groups excluding carboxylic acids is 1. The number of rotatable bonds is 3. The van der Waals surface area contributed by atoms with Crippen LogP contribution in [0.15, 0.2) is 18.2 Å². The monoisotopic (exact) mass is 358 g/mol. The minimum Gasteiger partial charge on any atom is -0.338 e. The van der Waals surface area contributed by atoms with Gasteiger partial charge < -0.3 is 4.90 Å². The summed E-state index contributed by atoms with van der Waals surface area (Å²) in [6, 6.07) is 3.06. The maximum absolute atomic E-state index is 13.1. The predicted octanol–water partition coefficient (Wildman–Crippen LogP) is 3.37. The molecular weight excluding hydrogens is 343 g/mol. The van der Waals surface area contributed by atoms with Crippen molar-refractivity contribution >= 4 is 27.5 Å². The summed E-state index contributed by atoms with van der Waals surface area (Å²) in [5.74, 6) is -0.621. The molecule has 1 amide bonds. The van der Waals surface area contributed by atoms with Gasteiger partial charge in [-0.25, -0.2) is 4.39 Å². The molecule has 0 saturated carbocycles. The molecule has 1 aromatic rings. The van der Waals surface area contributed by atoms with E-state index in [2.05, 4.69) is 22.9 Å². The molecule has 0 N–H and O–H groups in total. The first kappa shape index (κ1) is 15.9. The molecule has 1 aliphatic rings. The largest absolute Gasteiger partial charge is 0.338 e. The number of benzene rings is 1. The number of nitro groups is 1. The second-order valence-electron chi connectivity index (χ2n) is 5.23. The van der Waals surface area contributed by atoms with Crippen LogP contribution in [0, 0.1) is 21.8 Å². The summed E-state index contributed by atoms with van der Waals surface area (Å²) in [5.41, 5.74) is -0.525. The normalized spacial score (nSPS) is 17.6. The van der Waals surface area contributed by atoms with E-state index < -0.39 is 22.3 Å². The minimum atomic E-state index is -0.719. The fourth-order valence-corrected chi connectivity index (χ4v) is 3.10. The van der Waals surface area contributed by atoms with Gasteiger partial charge >= 0.3 is 0 Å². The average molecular weight is 359 g/mol. The molecule has 21 heavy (non-hydrogen) atoms. The second-order valence-corrected chi connectivity index (χ2v) is 6.67. The van der Waals surface area contributed by atoms with E-state index in [0.717, 1.165) is 25.0 Å². The smallest absolute Gasteiger partial charge is 0.285 e. The van der Waals surface area contributed by atoms with Crippen LogP contribution in [0.2, 0.25) is 0 Å². The lowest BCUT2D eigenvalue weighted by Crippen LogP contribution is -2.40. The summed E-state index contributed by atoms with van der Waals surface area (Å²) in [7, 11) is 0. The van der Waals surface area contributed by atoms with Crippen molar-refractivity contribution in [2.24, 2.45) is 5.92 Å². The maximum atomic E-state index is 13.1.